The van der Waals surface area contributed by atoms with Crippen LogP contribution in [0.4, 0.5) is 0 Å². The van der Waals surface area contributed by atoms with Gasteiger partial charge in [0.2, 0.25) is 0 Å². The Kier molecular flexibility index (Phi) is 9.54. The van der Waals surface area contributed by atoms with Gasteiger partial charge in [-0.3, -0.25) is 9.59 Å². The number of nitrogens with zero attached hydrogens (tertiary/aromatic N) is 4. The maximum atomic E-state index is 13.5. The van der Waals surface area contributed by atoms with Crippen LogP contribution in [-0.4, -0.2) is 11.6 Å². The Hall–Kier alpha value is -6.50. The van der Waals surface area contributed by atoms with Gasteiger partial charge in [0.05, 0.1) is 0 Å². The van der Waals surface area contributed by atoms with E-state index in [2.05, 4.69) is 52.0 Å². The van der Waals surface area contributed by atoms with Gasteiger partial charge in [0, 0.05) is 77.9 Å². The van der Waals surface area contributed by atoms with Gasteiger partial charge >= 0.3 is 0 Å². The summed E-state index contributed by atoms with van der Waals surface area (Å²) in [6.07, 6.45) is 3.60. The van der Waals surface area contributed by atoms with Crippen molar-refractivity contribution in [2.75, 3.05) is 0 Å². The third-order valence-corrected chi connectivity index (χ3v) is 15.7. The lowest BCUT2D eigenvalue weighted by Crippen LogP contribution is -2.15. The molecule has 6 nitrogen and oxygen atoms in total. The zero-order chi connectivity index (χ0) is 40.2. The summed E-state index contributed by atoms with van der Waals surface area (Å²) in [5.74, 6) is -0.385. The van der Waals surface area contributed by atoms with Crippen LogP contribution in [0.2, 0.25) is 0 Å². The van der Waals surface area contributed by atoms with Crippen LogP contribution in [0.3, 0.4) is 0 Å². The Balaban J connectivity index is 1.08. The molecule has 4 heterocycles. The van der Waals surface area contributed by atoms with Crippen molar-refractivity contribution < 1.29 is 9.59 Å². The number of rotatable bonds is 6. The van der Waals surface area contributed by atoms with E-state index in [1.807, 2.05) is 36.4 Å². The number of Topliss-reactive ketones (excluding diaryl/α,β-unsaturated/α-hetero) is 2. The first-order valence-electron chi connectivity index (χ1n) is 17.7. The molecule has 2 aliphatic carbocycles. The summed E-state index contributed by atoms with van der Waals surface area (Å²) in [5, 5.41) is 38.9. The van der Waals surface area contributed by atoms with Gasteiger partial charge in [0.15, 0.2) is 11.6 Å². The van der Waals surface area contributed by atoms with Crippen molar-refractivity contribution in [2.24, 2.45) is 0 Å². The fourth-order valence-corrected chi connectivity index (χ4v) is 12.2. The SMILES string of the molecule is Cc1cc(C(C)(C)c2cc(C)c(-c3ccc(C=C4C(=O)c5ccccc5C4=C(C#N)C#N)s3)s2)sc1-c1ccc(C=C2C(=O)c3ccccc3C2=C(C#N)C#N)s1. The number of benzene rings is 2. The van der Waals surface area contributed by atoms with Gasteiger partial charge in [-0.25, -0.2) is 0 Å². The summed E-state index contributed by atoms with van der Waals surface area (Å²) in [5.41, 5.74) is 5.56. The summed E-state index contributed by atoms with van der Waals surface area (Å²) in [4.78, 5) is 35.5. The van der Waals surface area contributed by atoms with Crippen molar-refractivity contribution in [3.8, 4) is 43.8 Å². The van der Waals surface area contributed by atoms with E-state index >= 15 is 0 Å². The molecule has 0 N–H and O–H groups in total. The standard InChI is InChI=1S/C47H28N4O2S4/c1-25-17-39(56-45(25)37-15-13-29(54-37)19-35-41(27(21-48)22-49)31-9-5-7-11-33(31)43(35)52)47(3,4)40-18-26(2)46(57-40)38-16-14-30(55-38)20-36-42(28(23-50)24-51)32-10-6-8-12-34(32)44(36)53/h5-20H,1-4H3. The molecule has 0 unspecified atom stereocenters. The summed E-state index contributed by atoms with van der Waals surface area (Å²) in [6, 6.07) is 34.7. The Morgan fingerprint density at radius 2 is 0.912 bits per heavy atom. The lowest BCUT2D eigenvalue weighted by Gasteiger charge is -2.21. The van der Waals surface area contributed by atoms with E-state index < -0.39 is 0 Å². The Labute approximate surface area is 345 Å². The number of hydrogen-bond acceptors (Lipinski definition) is 10. The Morgan fingerprint density at radius 3 is 1.28 bits per heavy atom. The van der Waals surface area contributed by atoms with Gasteiger partial charge in [-0.05, 0) is 84.7 Å². The van der Waals surface area contributed by atoms with Crippen LogP contribution < -0.4 is 0 Å². The molecule has 6 aromatic rings. The zero-order valence-electron chi connectivity index (χ0n) is 31.0. The number of thiophene rings is 4. The van der Waals surface area contributed by atoms with E-state index in [9.17, 15) is 30.6 Å². The number of ketones is 2. The largest absolute Gasteiger partial charge is 0.289 e. The topological polar surface area (TPSA) is 129 Å². The van der Waals surface area contributed by atoms with Crippen molar-refractivity contribution in [1.29, 1.82) is 21.0 Å². The van der Waals surface area contributed by atoms with E-state index in [1.165, 1.54) is 9.75 Å². The van der Waals surface area contributed by atoms with E-state index in [1.54, 1.807) is 106 Å². The minimum atomic E-state index is -0.301. The molecule has 0 saturated heterocycles. The van der Waals surface area contributed by atoms with Crippen LogP contribution in [0.1, 0.15) is 76.3 Å². The molecule has 2 aliphatic rings. The molecule has 8 rings (SSSR count). The fraction of sp³-hybridized carbons (Fsp3) is 0.106. The molecular formula is C47H28N4O2S4. The number of hydrogen-bond donors (Lipinski definition) is 0. The molecule has 0 aliphatic heterocycles. The maximum absolute atomic E-state index is 13.5. The number of allylic oxidation sites excluding steroid dienone is 6. The monoisotopic (exact) mass is 808 g/mol. The summed E-state index contributed by atoms with van der Waals surface area (Å²) in [6.45, 7) is 8.71. The van der Waals surface area contributed by atoms with Crippen LogP contribution >= 0.6 is 45.3 Å². The second-order valence-corrected chi connectivity index (χ2v) is 18.4. The molecule has 10 heteroatoms. The number of aryl methyl sites for hydroxylation is 2. The Bertz CT molecular complexity index is 2810. The molecule has 57 heavy (non-hydrogen) atoms. The first-order chi connectivity index (χ1) is 27.5. The normalized spacial score (nSPS) is 14.7. The van der Waals surface area contributed by atoms with Crippen LogP contribution in [0.5, 0.6) is 0 Å². The van der Waals surface area contributed by atoms with Crippen LogP contribution in [-0.2, 0) is 5.41 Å². The number of carbonyl (C=O) groups excluding carboxylic acids is 2. The van der Waals surface area contributed by atoms with Crippen molar-refractivity contribution >= 4 is 80.2 Å². The van der Waals surface area contributed by atoms with E-state index in [0.29, 0.717) is 44.5 Å². The zero-order valence-corrected chi connectivity index (χ0v) is 34.2. The maximum Gasteiger partial charge on any atom is 0.194 e. The predicted molar refractivity (Wildman–Crippen MR) is 231 cm³/mol. The van der Waals surface area contributed by atoms with Crippen LogP contribution in [0, 0.1) is 59.2 Å². The highest BCUT2D eigenvalue weighted by atomic mass is 32.1. The van der Waals surface area contributed by atoms with E-state index in [-0.39, 0.29) is 28.1 Å². The second-order valence-electron chi connectivity index (χ2n) is 14.1. The minimum Gasteiger partial charge on any atom is -0.289 e. The summed E-state index contributed by atoms with van der Waals surface area (Å²) < 4.78 is 0. The van der Waals surface area contributed by atoms with Gasteiger partial charge in [0.25, 0.3) is 0 Å². The third kappa shape index (κ3) is 6.27. The minimum absolute atomic E-state index is 0.0776. The Morgan fingerprint density at radius 1 is 0.544 bits per heavy atom. The van der Waals surface area contributed by atoms with Crippen molar-refractivity contribution in [3.05, 3.63) is 160 Å². The van der Waals surface area contributed by atoms with Crippen molar-refractivity contribution in [3.63, 3.8) is 0 Å². The number of fused-ring (bicyclic) bond motifs is 2. The van der Waals surface area contributed by atoms with Gasteiger partial charge in [-0.1, -0.05) is 62.4 Å². The average molecular weight is 809 g/mol. The first-order valence-corrected chi connectivity index (χ1v) is 21.0. The molecule has 0 saturated carbocycles. The predicted octanol–water partition coefficient (Wildman–Crippen LogP) is 12.4. The van der Waals surface area contributed by atoms with Gasteiger partial charge in [0.1, 0.15) is 35.4 Å². The molecule has 0 amide bonds. The fourth-order valence-electron chi connectivity index (χ4n) is 7.27. The second kappa shape index (κ2) is 14.5. The first kappa shape index (κ1) is 37.4. The number of carbonyl (C=O) groups is 2. The van der Waals surface area contributed by atoms with Crippen LogP contribution in [0.25, 0.3) is 42.8 Å². The summed E-state index contributed by atoms with van der Waals surface area (Å²) >= 11 is 6.65. The molecule has 0 atom stereocenters. The lowest BCUT2D eigenvalue weighted by molar-refractivity contribution is 0.103. The molecule has 0 radical (unpaired) electrons. The number of nitriles is 4. The molecule has 0 spiro atoms. The van der Waals surface area contributed by atoms with E-state index in [0.717, 1.165) is 40.4 Å². The highest BCUT2D eigenvalue weighted by Gasteiger charge is 2.34. The highest BCUT2D eigenvalue weighted by molar-refractivity contribution is 7.24. The van der Waals surface area contributed by atoms with E-state index in [4.69, 9.17) is 0 Å². The molecular weight excluding hydrogens is 781 g/mol. The smallest absolute Gasteiger partial charge is 0.194 e. The quantitative estimate of drug-likeness (QED) is 0.122. The third-order valence-electron chi connectivity index (χ3n) is 10.2. The molecule has 272 valence electrons. The van der Waals surface area contributed by atoms with Gasteiger partial charge in [-0.15, -0.1) is 45.3 Å². The molecule has 4 aromatic heterocycles. The van der Waals surface area contributed by atoms with Crippen molar-refractivity contribution in [2.45, 2.75) is 33.1 Å². The summed E-state index contributed by atoms with van der Waals surface area (Å²) in [7, 11) is 0. The van der Waals surface area contributed by atoms with Gasteiger partial charge < -0.3 is 0 Å². The van der Waals surface area contributed by atoms with Crippen molar-refractivity contribution in [1.82, 2.24) is 0 Å². The lowest BCUT2D eigenvalue weighted by atomic mass is 9.89. The molecule has 0 fully saturated rings. The van der Waals surface area contributed by atoms with Crippen LogP contribution in [0.15, 0.2) is 107 Å². The highest BCUT2D eigenvalue weighted by Crippen LogP contribution is 2.49. The molecule has 0 bridgehead atoms. The average Bonchev–Trinajstić information content (AvgIpc) is 4.08. The van der Waals surface area contributed by atoms with Gasteiger partial charge in [-0.2, -0.15) is 21.0 Å². The molecule has 2 aromatic carbocycles.